The summed E-state index contributed by atoms with van der Waals surface area (Å²) in [7, 11) is 0. The molecule has 22 heavy (non-hydrogen) atoms. The number of hydrogen-bond acceptors (Lipinski definition) is 1. The molecule has 0 saturated heterocycles. The van der Waals surface area contributed by atoms with Crippen molar-refractivity contribution in [2.75, 3.05) is 6.67 Å². The van der Waals surface area contributed by atoms with E-state index in [1.165, 1.54) is 44.9 Å². The Bertz CT molecular complexity index is 474. The highest BCUT2D eigenvalue weighted by Gasteiger charge is 2.61. The first kappa shape index (κ1) is 15.1. The van der Waals surface area contributed by atoms with Crippen LogP contribution in [0.2, 0.25) is 0 Å². The fourth-order valence-electron chi connectivity index (χ4n) is 7.37. The predicted molar refractivity (Wildman–Crippen MR) is 86.2 cm³/mol. The van der Waals surface area contributed by atoms with Gasteiger partial charge in [0.15, 0.2) is 0 Å². The molecule has 4 saturated carbocycles. The summed E-state index contributed by atoms with van der Waals surface area (Å²) in [5.74, 6) is 2.86. The third-order valence-corrected chi connectivity index (χ3v) is 8.63. The fourth-order valence-corrected chi connectivity index (χ4v) is 7.37. The van der Waals surface area contributed by atoms with Gasteiger partial charge in [0.05, 0.1) is 6.67 Å². The molecule has 7 atom stereocenters. The van der Waals surface area contributed by atoms with Crippen LogP contribution in [0.5, 0.6) is 0 Å². The van der Waals surface area contributed by atoms with Gasteiger partial charge < -0.3 is 0 Å². The number of carbonyl (C=O) groups excluding carboxylic acids is 1. The van der Waals surface area contributed by atoms with E-state index in [0.717, 1.165) is 24.7 Å². The second-order valence-corrected chi connectivity index (χ2v) is 9.31. The van der Waals surface area contributed by atoms with Gasteiger partial charge in [-0.15, -0.1) is 0 Å². The summed E-state index contributed by atoms with van der Waals surface area (Å²) < 4.78 is 13.3. The Labute approximate surface area is 134 Å². The van der Waals surface area contributed by atoms with Crippen molar-refractivity contribution < 1.29 is 9.18 Å². The van der Waals surface area contributed by atoms with Crippen molar-refractivity contribution >= 4 is 5.78 Å². The molecule has 0 aromatic carbocycles. The summed E-state index contributed by atoms with van der Waals surface area (Å²) in [5, 5.41) is 0. The molecule has 0 amide bonds. The number of rotatable bonds is 1. The summed E-state index contributed by atoms with van der Waals surface area (Å²) in [6, 6.07) is 0. The lowest BCUT2D eigenvalue weighted by atomic mass is 9.45. The molecule has 4 rings (SSSR count). The highest BCUT2D eigenvalue weighted by atomic mass is 19.1. The Balaban J connectivity index is 1.65. The summed E-state index contributed by atoms with van der Waals surface area (Å²) in [5.41, 5.74) is 0.315. The Morgan fingerprint density at radius 3 is 2.64 bits per heavy atom. The van der Waals surface area contributed by atoms with Crippen LogP contribution in [0.25, 0.3) is 0 Å². The van der Waals surface area contributed by atoms with Crippen LogP contribution >= 0.6 is 0 Å². The molecule has 0 unspecified atom stereocenters. The van der Waals surface area contributed by atoms with Gasteiger partial charge in [-0.3, -0.25) is 9.18 Å². The molecular weight excluding hydrogens is 275 g/mol. The van der Waals surface area contributed by atoms with Crippen LogP contribution in [-0.2, 0) is 4.79 Å². The van der Waals surface area contributed by atoms with Crippen LogP contribution < -0.4 is 0 Å². The number of halogens is 1. The van der Waals surface area contributed by atoms with Crippen LogP contribution in [-0.4, -0.2) is 12.5 Å². The third-order valence-electron chi connectivity index (χ3n) is 8.63. The first-order valence-electron chi connectivity index (χ1n) is 9.61. The van der Waals surface area contributed by atoms with E-state index in [1.54, 1.807) is 0 Å². The highest BCUT2D eigenvalue weighted by molar-refractivity contribution is 5.89. The quantitative estimate of drug-likeness (QED) is 0.652. The minimum atomic E-state index is -0.428. The first-order valence-corrected chi connectivity index (χ1v) is 9.61. The number of ketones is 1. The molecule has 0 heterocycles. The second-order valence-electron chi connectivity index (χ2n) is 9.31. The molecule has 0 bridgehead atoms. The first-order chi connectivity index (χ1) is 10.5. The summed E-state index contributed by atoms with van der Waals surface area (Å²) in [6.45, 7) is 4.29. The minimum Gasteiger partial charge on any atom is -0.299 e. The number of Topliss-reactive ketones (excluding diaryl/α,β-unsaturated/α-hetero) is 1. The predicted octanol–water partition coefficient (Wildman–Crippen LogP) is 5.18. The lowest BCUT2D eigenvalue weighted by Crippen LogP contribution is -2.52. The van der Waals surface area contributed by atoms with Crippen LogP contribution in [0.3, 0.4) is 0 Å². The fraction of sp³-hybridized carbons (Fsp3) is 0.950. The molecule has 4 aliphatic rings. The van der Waals surface area contributed by atoms with Gasteiger partial charge in [0.1, 0.15) is 5.78 Å². The molecule has 124 valence electrons. The third kappa shape index (κ3) is 1.85. The average molecular weight is 306 g/mol. The Morgan fingerprint density at radius 2 is 1.86 bits per heavy atom. The zero-order chi connectivity index (χ0) is 15.5. The van der Waals surface area contributed by atoms with Gasteiger partial charge in [0.2, 0.25) is 0 Å². The van der Waals surface area contributed by atoms with Gasteiger partial charge in [0, 0.05) is 11.3 Å². The maximum absolute atomic E-state index is 13.3. The molecule has 2 heteroatoms. The number of alkyl halides is 1. The average Bonchev–Trinajstić information content (AvgIpc) is 2.78. The monoisotopic (exact) mass is 306 g/mol. The van der Waals surface area contributed by atoms with E-state index in [-0.39, 0.29) is 17.1 Å². The molecule has 0 aromatic heterocycles. The lowest BCUT2D eigenvalue weighted by molar-refractivity contribution is -0.140. The zero-order valence-electron chi connectivity index (χ0n) is 14.2. The molecule has 4 fully saturated rings. The number of fused-ring (bicyclic) bond motifs is 5. The van der Waals surface area contributed by atoms with E-state index in [9.17, 15) is 9.18 Å². The molecule has 0 radical (unpaired) electrons. The lowest BCUT2D eigenvalue weighted by Gasteiger charge is -2.59. The maximum atomic E-state index is 13.3. The van der Waals surface area contributed by atoms with Crippen molar-refractivity contribution in [3.8, 4) is 0 Å². The van der Waals surface area contributed by atoms with E-state index in [4.69, 9.17) is 0 Å². The molecule has 0 N–H and O–H groups in total. The van der Waals surface area contributed by atoms with E-state index in [0.29, 0.717) is 17.3 Å². The van der Waals surface area contributed by atoms with Gasteiger partial charge in [0.25, 0.3) is 0 Å². The normalized spacial score (nSPS) is 54.5. The SMILES string of the molecule is C[C@]12CCCC[C@@H]1CC[C@@H]1[C@@H]2CC[C@]2(C)C(=O)[C@H](CF)C[C@@H]12. The topological polar surface area (TPSA) is 17.1 Å². The largest absolute Gasteiger partial charge is 0.299 e. The van der Waals surface area contributed by atoms with Crippen LogP contribution in [0.1, 0.15) is 71.6 Å². The minimum absolute atomic E-state index is 0.199. The van der Waals surface area contributed by atoms with Gasteiger partial charge in [-0.2, -0.15) is 0 Å². The van der Waals surface area contributed by atoms with E-state index in [2.05, 4.69) is 13.8 Å². The van der Waals surface area contributed by atoms with Gasteiger partial charge in [-0.1, -0.05) is 26.7 Å². The van der Waals surface area contributed by atoms with Crippen molar-refractivity contribution in [3.05, 3.63) is 0 Å². The van der Waals surface area contributed by atoms with E-state index < -0.39 is 6.67 Å². The zero-order valence-corrected chi connectivity index (χ0v) is 14.2. The standard InChI is InChI=1S/C20H31FO/c1-19-9-4-3-5-14(19)6-7-15-16(19)8-10-20(2)17(15)11-13(12-21)18(20)22/h13-17H,3-12H2,1-2H3/t13-,14+,15+,16-,17-,19-,20-/m0/s1. The summed E-state index contributed by atoms with van der Waals surface area (Å²) in [6.07, 6.45) is 11.4. The van der Waals surface area contributed by atoms with Gasteiger partial charge >= 0.3 is 0 Å². The second kappa shape index (κ2) is 5.05. The van der Waals surface area contributed by atoms with Crippen molar-refractivity contribution in [1.82, 2.24) is 0 Å². The molecule has 0 spiro atoms. The Morgan fingerprint density at radius 1 is 1.05 bits per heavy atom. The van der Waals surface area contributed by atoms with Crippen molar-refractivity contribution in [1.29, 1.82) is 0 Å². The van der Waals surface area contributed by atoms with Crippen molar-refractivity contribution in [2.45, 2.75) is 71.6 Å². The maximum Gasteiger partial charge on any atom is 0.144 e. The van der Waals surface area contributed by atoms with Crippen molar-refractivity contribution in [3.63, 3.8) is 0 Å². The summed E-state index contributed by atoms with van der Waals surface area (Å²) >= 11 is 0. The molecule has 0 aromatic rings. The van der Waals surface area contributed by atoms with E-state index >= 15 is 0 Å². The Hall–Kier alpha value is -0.400. The smallest absolute Gasteiger partial charge is 0.144 e. The molecule has 0 aliphatic heterocycles. The summed E-state index contributed by atoms with van der Waals surface area (Å²) in [4.78, 5) is 12.7. The van der Waals surface area contributed by atoms with Gasteiger partial charge in [-0.05, 0) is 74.0 Å². The molecule has 1 nitrogen and oxygen atoms in total. The van der Waals surface area contributed by atoms with E-state index in [1.807, 2.05) is 0 Å². The molecular formula is C20H31FO. The van der Waals surface area contributed by atoms with Crippen LogP contribution in [0, 0.1) is 40.4 Å². The van der Waals surface area contributed by atoms with Crippen molar-refractivity contribution in [2.24, 2.45) is 40.4 Å². The Kier molecular flexibility index (Phi) is 3.47. The highest BCUT2D eigenvalue weighted by Crippen LogP contribution is 2.66. The number of hydrogen-bond donors (Lipinski definition) is 0. The number of carbonyl (C=O) groups is 1. The van der Waals surface area contributed by atoms with Gasteiger partial charge in [-0.25, -0.2) is 0 Å². The van der Waals surface area contributed by atoms with Crippen LogP contribution in [0.15, 0.2) is 0 Å². The van der Waals surface area contributed by atoms with Crippen LogP contribution in [0.4, 0.5) is 4.39 Å². The molecule has 4 aliphatic carbocycles.